The van der Waals surface area contributed by atoms with Gasteiger partial charge in [-0.15, -0.1) is 0 Å². The molecule has 0 atom stereocenters. The minimum atomic E-state index is 1.21. The topological polar surface area (TPSA) is 0 Å². The fourth-order valence-corrected chi connectivity index (χ4v) is 8.13. The molecule has 0 fully saturated rings. The van der Waals surface area contributed by atoms with Crippen LogP contribution in [0.15, 0.2) is 194 Å². The Bertz CT molecular complexity index is 2820. The molecule has 0 saturated carbocycles. The third kappa shape index (κ3) is 4.54. The maximum atomic E-state index is 2.39. The monoisotopic (exact) mass is 632 g/mol. The van der Waals surface area contributed by atoms with Crippen LogP contribution in [-0.4, -0.2) is 0 Å². The Labute approximate surface area is 291 Å². The summed E-state index contributed by atoms with van der Waals surface area (Å²) in [6.07, 6.45) is 0. The van der Waals surface area contributed by atoms with E-state index in [1.165, 1.54) is 98.4 Å². The highest BCUT2D eigenvalue weighted by molar-refractivity contribution is 6.22. The van der Waals surface area contributed by atoms with Gasteiger partial charge in [-0.05, 0) is 104 Å². The lowest BCUT2D eigenvalue weighted by Crippen LogP contribution is -1.90. The summed E-state index contributed by atoms with van der Waals surface area (Å²) < 4.78 is 0. The zero-order valence-corrected chi connectivity index (χ0v) is 27.5. The van der Waals surface area contributed by atoms with Crippen molar-refractivity contribution < 1.29 is 0 Å². The average molecular weight is 633 g/mol. The molecule has 50 heavy (non-hydrogen) atoms. The summed E-state index contributed by atoms with van der Waals surface area (Å²) in [5, 5.41) is 12.9. The molecular formula is C50H32. The molecule has 232 valence electrons. The maximum absolute atomic E-state index is 2.39. The van der Waals surface area contributed by atoms with Crippen LogP contribution in [0.2, 0.25) is 0 Å². The van der Waals surface area contributed by atoms with Gasteiger partial charge in [-0.25, -0.2) is 0 Å². The molecule has 0 nitrogen and oxygen atoms in total. The Balaban J connectivity index is 1.07. The SMILES string of the molecule is c1ccc(-c2c3ccccc3c(-c3ccc(-c4ccc(-c5cc6c7ccccc7ccc6c6ccccc56)cc4)cc3)c3ccccc23)cc1. The molecule has 0 aromatic heterocycles. The quantitative estimate of drug-likeness (QED) is 0.134. The predicted octanol–water partition coefficient (Wildman–Crippen LogP) is 14.1. The van der Waals surface area contributed by atoms with Crippen molar-refractivity contribution in [1.29, 1.82) is 0 Å². The zero-order chi connectivity index (χ0) is 33.0. The van der Waals surface area contributed by atoms with Gasteiger partial charge < -0.3 is 0 Å². The van der Waals surface area contributed by atoms with Crippen molar-refractivity contribution in [2.24, 2.45) is 0 Å². The molecule has 0 aliphatic carbocycles. The molecule has 0 heterocycles. The average Bonchev–Trinajstić information content (AvgIpc) is 3.20. The largest absolute Gasteiger partial charge is 0.0622 e. The van der Waals surface area contributed by atoms with E-state index in [-0.39, 0.29) is 0 Å². The van der Waals surface area contributed by atoms with Gasteiger partial charge in [0.05, 0.1) is 0 Å². The van der Waals surface area contributed by atoms with E-state index in [0.29, 0.717) is 0 Å². The molecular weight excluding hydrogens is 601 g/mol. The fraction of sp³-hybridized carbons (Fsp3) is 0. The molecule has 0 amide bonds. The van der Waals surface area contributed by atoms with Gasteiger partial charge in [-0.2, -0.15) is 0 Å². The number of fused-ring (bicyclic) bond motifs is 7. The first kappa shape index (κ1) is 28.5. The third-order valence-electron chi connectivity index (χ3n) is 10.5. The smallest absolute Gasteiger partial charge is 0.00264 e. The predicted molar refractivity (Wildman–Crippen MR) is 216 cm³/mol. The van der Waals surface area contributed by atoms with Crippen molar-refractivity contribution >= 4 is 53.9 Å². The molecule has 10 rings (SSSR count). The molecule has 0 unspecified atom stereocenters. The highest BCUT2D eigenvalue weighted by atomic mass is 14.2. The van der Waals surface area contributed by atoms with Gasteiger partial charge in [-0.3, -0.25) is 0 Å². The van der Waals surface area contributed by atoms with E-state index in [4.69, 9.17) is 0 Å². The van der Waals surface area contributed by atoms with Crippen LogP contribution in [-0.2, 0) is 0 Å². The van der Waals surface area contributed by atoms with E-state index in [0.717, 1.165) is 0 Å². The standard InChI is InChI=1S/C50H32/c1-2-13-37(14-3-1)49-43-18-8-10-20-45(43)50(46-21-11-9-19-44(46)49)38-28-24-34(25-29-38)33-22-26-36(27-23-33)47-32-48-39-15-5-4-12-35(39)30-31-42(48)40-16-6-7-17-41(40)47/h1-32H. The van der Waals surface area contributed by atoms with Crippen LogP contribution >= 0.6 is 0 Å². The van der Waals surface area contributed by atoms with Gasteiger partial charge in [0.15, 0.2) is 0 Å². The van der Waals surface area contributed by atoms with Crippen molar-refractivity contribution in [2.75, 3.05) is 0 Å². The van der Waals surface area contributed by atoms with Gasteiger partial charge >= 0.3 is 0 Å². The van der Waals surface area contributed by atoms with Crippen molar-refractivity contribution in [2.45, 2.75) is 0 Å². The molecule has 0 spiro atoms. The summed E-state index contributed by atoms with van der Waals surface area (Å²) in [7, 11) is 0. The van der Waals surface area contributed by atoms with E-state index in [9.17, 15) is 0 Å². The van der Waals surface area contributed by atoms with Gasteiger partial charge in [0.1, 0.15) is 0 Å². The molecule has 0 saturated heterocycles. The van der Waals surface area contributed by atoms with E-state index in [2.05, 4.69) is 194 Å². The molecule has 0 N–H and O–H groups in total. The second kappa shape index (κ2) is 11.6. The van der Waals surface area contributed by atoms with Gasteiger partial charge in [0.25, 0.3) is 0 Å². The van der Waals surface area contributed by atoms with Gasteiger partial charge in [-0.1, -0.05) is 188 Å². The highest BCUT2D eigenvalue weighted by Crippen LogP contribution is 2.44. The lowest BCUT2D eigenvalue weighted by molar-refractivity contribution is 1.60. The summed E-state index contributed by atoms with van der Waals surface area (Å²) in [5.74, 6) is 0. The summed E-state index contributed by atoms with van der Waals surface area (Å²) in [4.78, 5) is 0. The second-order valence-electron chi connectivity index (χ2n) is 13.2. The summed E-state index contributed by atoms with van der Waals surface area (Å²) in [6, 6.07) is 71.2. The van der Waals surface area contributed by atoms with E-state index < -0.39 is 0 Å². The van der Waals surface area contributed by atoms with Crippen LogP contribution in [0.25, 0.3) is 98.4 Å². The molecule has 0 bridgehead atoms. The third-order valence-corrected chi connectivity index (χ3v) is 10.5. The van der Waals surface area contributed by atoms with Crippen LogP contribution in [0.5, 0.6) is 0 Å². The van der Waals surface area contributed by atoms with E-state index in [1.54, 1.807) is 0 Å². The van der Waals surface area contributed by atoms with Crippen LogP contribution < -0.4 is 0 Å². The Morgan fingerprint density at radius 3 is 1.18 bits per heavy atom. The molecule has 0 heteroatoms. The van der Waals surface area contributed by atoms with Crippen LogP contribution in [0.3, 0.4) is 0 Å². The first-order valence-corrected chi connectivity index (χ1v) is 17.4. The Hall–Kier alpha value is -6.50. The van der Waals surface area contributed by atoms with Crippen molar-refractivity contribution in [1.82, 2.24) is 0 Å². The van der Waals surface area contributed by atoms with Crippen LogP contribution in [0.4, 0.5) is 0 Å². The fourth-order valence-electron chi connectivity index (χ4n) is 8.13. The van der Waals surface area contributed by atoms with Crippen LogP contribution in [0.1, 0.15) is 0 Å². The molecule has 0 radical (unpaired) electrons. The normalized spacial score (nSPS) is 11.6. The molecule has 10 aromatic rings. The Morgan fingerprint density at radius 2 is 0.600 bits per heavy atom. The number of benzene rings is 10. The lowest BCUT2D eigenvalue weighted by Gasteiger charge is -2.18. The van der Waals surface area contributed by atoms with Crippen molar-refractivity contribution in [3.8, 4) is 44.5 Å². The van der Waals surface area contributed by atoms with E-state index in [1.807, 2.05) is 0 Å². The number of rotatable bonds is 4. The molecule has 10 aromatic carbocycles. The van der Waals surface area contributed by atoms with Gasteiger partial charge in [0, 0.05) is 0 Å². The zero-order valence-electron chi connectivity index (χ0n) is 27.5. The number of hydrogen-bond donors (Lipinski definition) is 0. The molecule has 0 aliphatic heterocycles. The number of hydrogen-bond acceptors (Lipinski definition) is 0. The van der Waals surface area contributed by atoms with E-state index >= 15 is 0 Å². The maximum Gasteiger partial charge on any atom is -0.00264 e. The first-order chi connectivity index (χ1) is 24.8. The van der Waals surface area contributed by atoms with Crippen molar-refractivity contribution in [3.05, 3.63) is 194 Å². The summed E-state index contributed by atoms with van der Waals surface area (Å²) in [6.45, 7) is 0. The van der Waals surface area contributed by atoms with Crippen LogP contribution in [0, 0.1) is 0 Å². The second-order valence-corrected chi connectivity index (χ2v) is 13.2. The highest BCUT2D eigenvalue weighted by Gasteiger charge is 2.17. The summed E-state index contributed by atoms with van der Waals surface area (Å²) >= 11 is 0. The van der Waals surface area contributed by atoms with Crippen molar-refractivity contribution in [3.63, 3.8) is 0 Å². The summed E-state index contributed by atoms with van der Waals surface area (Å²) in [5.41, 5.74) is 9.98. The molecule has 0 aliphatic rings. The Morgan fingerprint density at radius 1 is 0.200 bits per heavy atom. The van der Waals surface area contributed by atoms with Gasteiger partial charge in [0.2, 0.25) is 0 Å². The first-order valence-electron chi connectivity index (χ1n) is 17.4. The minimum absolute atomic E-state index is 1.21. The Kier molecular flexibility index (Phi) is 6.60. The lowest BCUT2D eigenvalue weighted by atomic mass is 9.85. The minimum Gasteiger partial charge on any atom is -0.0622 e.